The Morgan fingerprint density at radius 1 is 1.33 bits per heavy atom. The summed E-state index contributed by atoms with van der Waals surface area (Å²) in [4.78, 5) is 0. The van der Waals surface area contributed by atoms with Gasteiger partial charge in [-0.25, -0.2) is 0 Å². The largest absolute Gasteiger partial charge is 0.487 e. The molecule has 1 unspecified atom stereocenters. The van der Waals surface area contributed by atoms with Gasteiger partial charge in [-0.3, -0.25) is 0 Å². The van der Waals surface area contributed by atoms with Gasteiger partial charge >= 0.3 is 0 Å². The fourth-order valence-corrected chi connectivity index (χ4v) is 3.51. The van der Waals surface area contributed by atoms with Crippen LogP contribution in [0.25, 0.3) is 0 Å². The molecule has 2 aliphatic rings. The molecule has 3 rings (SSSR count). The minimum atomic E-state index is -0.111. The second kappa shape index (κ2) is 5.98. The van der Waals surface area contributed by atoms with Gasteiger partial charge in [0.05, 0.1) is 12.2 Å². The summed E-state index contributed by atoms with van der Waals surface area (Å²) in [6.07, 6.45) is 5.72. The second-order valence-corrected chi connectivity index (χ2v) is 6.94. The van der Waals surface area contributed by atoms with Gasteiger partial charge in [0.15, 0.2) is 0 Å². The molecule has 2 N–H and O–H groups in total. The van der Waals surface area contributed by atoms with Crippen molar-refractivity contribution >= 4 is 0 Å². The summed E-state index contributed by atoms with van der Waals surface area (Å²) < 4.78 is 12.3. The highest BCUT2D eigenvalue weighted by atomic mass is 16.5. The first-order valence-corrected chi connectivity index (χ1v) is 8.20. The first kappa shape index (κ1) is 14.9. The molecule has 21 heavy (non-hydrogen) atoms. The van der Waals surface area contributed by atoms with Crippen LogP contribution in [0.4, 0.5) is 0 Å². The molecule has 0 saturated heterocycles. The molecular formula is C18H27NO2. The van der Waals surface area contributed by atoms with Crippen molar-refractivity contribution in [3.8, 4) is 5.75 Å². The van der Waals surface area contributed by atoms with Crippen molar-refractivity contribution in [2.45, 2.75) is 57.7 Å². The van der Waals surface area contributed by atoms with Gasteiger partial charge in [0.25, 0.3) is 0 Å². The van der Waals surface area contributed by atoms with E-state index in [9.17, 15) is 0 Å². The number of benzene rings is 1. The van der Waals surface area contributed by atoms with Gasteiger partial charge in [0, 0.05) is 13.0 Å². The van der Waals surface area contributed by atoms with Gasteiger partial charge in [-0.15, -0.1) is 0 Å². The van der Waals surface area contributed by atoms with Crippen molar-refractivity contribution in [1.29, 1.82) is 0 Å². The lowest BCUT2D eigenvalue weighted by molar-refractivity contribution is -0.0909. The zero-order chi connectivity index (χ0) is 14.9. The van der Waals surface area contributed by atoms with E-state index in [1.807, 2.05) is 0 Å². The van der Waals surface area contributed by atoms with Gasteiger partial charge in [-0.05, 0) is 50.2 Å². The molecule has 1 aliphatic carbocycles. The van der Waals surface area contributed by atoms with E-state index >= 15 is 0 Å². The average Bonchev–Trinajstić information content (AvgIpc) is 2.89. The first-order chi connectivity index (χ1) is 10.1. The smallest absolute Gasteiger partial charge is 0.126 e. The Labute approximate surface area is 127 Å². The van der Waals surface area contributed by atoms with Crippen LogP contribution in [0.15, 0.2) is 18.2 Å². The Balaban J connectivity index is 1.56. The van der Waals surface area contributed by atoms with E-state index in [0.29, 0.717) is 13.2 Å². The third-order valence-electron chi connectivity index (χ3n) is 5.09. The molecular weight excluding hydrogens is 262 g/mol. The number of aryl methyl sites for hydroxylation is 1. The Hall–Kier alpha value is -1.06. The first-order valence-electron chi connectivity index (χ1n) is 8.20. The van der Waals surface area contributed by atoms with Gasteiger partial charge in [0.1, 0.15) is 11.9 Å². The zero-order valence-electron chi connectivity index (χ0n) is 13.2. The molecule has 1 atom stereocenters. The lowest BCUT2D eigenvalue weighted by Gasteiger charge is -2.39. The number of hydrogen-bond donors (Lipinski definition) is 1. The van der Waals surface area contributed by atoms with Gasteiger partial charge in [-0.1, -0.05) is 24.6 Å². The molecule has 3 nitrogen and oxygen atoms in total. The topological polar surface area (TPSA) is 44.5 Å². The minimum absolute atomic E-state index is 0.111. The molecule has 1 aromatic carbocycles. The maximum atomic E-state index is 6.26. The van der Waals surface area contributed by atoms with Crippen molar-refractivity contribution in [2.75, 3.05) is 13.2 Å². The predicted molar refractivity (Wildman–Crippen MR) is 84.7 cm³/mol. The second-order valence-electron chi connectivity index (χ2n) is 6.94. The Kier molecular flexibility index (Phi) is 4.23. The molecule has 1 fully saturated rings. The normalized spacial score (nSPS) is 31.8. The number of rotatable bonds is 4. The molecule has 1 aromatic rings. The van der Waals surface area contributed by atoms with Crippen LogP contribution in [0.3, 0.4) is 0 Å². The van der Waals surface area contributed by atoms with Crippen LogP contribution in [0, 0.1) is 12.8 Å². The van der Waals surface area contributed by atoms with Crippen LogP contribution >= 0.6 is 0 Å². The summed E-state index contributed by atoms with van der Waals surface area (Å²) in [5.41, 5.74) is 8.49. The molecule has 1 saturated carbocycles. The monoisotopic (exact) mass is 289 g/mol. The SMILES string of the molecule is Cc1ccc2c(c1)CC(COC1(CN)CCC(C)CC1)O2. The van der Waals surface area contributed by atoms with Crippen LogP contribution in [0.1, 0.15) is 43.7 Å². The Bertz CT molecular complexity index is 492. The van der Waals surface area contributed by atoms with E-state index in [4.69, 9.17) is 15.2 Å². The maximum absolute atomic E-state index is 6.26. The summed E-state index contributed by atoms with van der Waals surface area (Å²) in [7, 11) is 0. The standard InChI is InChI=1S/C18H27NO2/c1-13-5-7-18(12-19,8-6-13)20-11-16-10-15-9-14(2)3-4-17(15)21-16/h3-4,9,13,16H,5-8,10-12,19H2,1-2H3. The van der Waals surface area contributed by atoms with Crippen molar-refractivity contribution in [3.05, 3.63) is 29.3 Å². The lowest BCUT2D eigenvalue weighted by atomic mass is 9.79. The molecule has 1 heterocycles. The summed E-state index contributed by atoms with van der Waals surface area (Å²) in [6.45, 7) is 5.72. The minimum Gasteiger partial charge on any atom is -0.487 e. The van der Waals surface area contributed by atoms with Crippen molar-refractivity contribution in [1.82, 2.24) is 0 Å². The fourth-order valence-electron chi connectivity index (χ4n) is 3.51. The van der Waals surface area contributed by atoms with E-state index in [-0.39, 0.29) is 11.7 Å². The van der Waals surface area contributed by atoms with Crippen molar-refractivity contribution < 1.29 is 9.47 Å². The molecule has 1 aliphatic heterocycles. The molecule has 0 radical (unpaired) electrons. The fraction of sp³-hybridized carbons (Fsp3) is 0.667. The van der Waals surface area contributed by atoms with Gasteiger partial charge in [-0.2, -0.15) is 0 Å². The number of nitrogens with two attached hydrogens (primary N) is 1. The van der Waals surface area contributed by atoms with Crippen LogP contribution in [-0.4, -0.2) is 24.9 Å². The number of fused-ring (bicyclic) bond motifs is 1. The number of ether oxygens (including phenoxy) is 2. The third kappa shape index (κ3) is 3.24. The maximum Gasteiger partial charge on any atom is 0.126 e. The summed E-state index contributed by atoms with van der Waals surface area (Å²) in [6, 6.07) is 6.40. The van der Waals surface area contributed by atoms with Gasteiger partial charge in [0.2, 0.25) is 0 Å². The van der Waals surface area contributed by atoms with Crippen molar-refractivity contribution in [2.24, 2.45) is 11.7 Å². The zero-order valence-corrected chi connectivity index (χ0v) is 13.2. The average molecular weight is 289 g/mol. The summed E-state index contributed by atoms with van der Waals surface area (Å²) in [5, 5.41) is 0. The van der Waals surface area contributed by atoms with Crippen LogP contribution in [0.2, 0.25) is 0 Å². The van der Waals surface area contributed by atoms with Crippen LogP contribution < -0.4 is 10.5 Å². The van der Waals surface area contributed by atoms with Crippen molar-refractivity contribution in [3.63, 3.8) is 0 Å². The molecule has 0 spiro atoms. The van der Waals surface area contributed by atoms with E-state index in [0.717, 1.165) is 30.9 Å². The predicted octanol–water partition coefficient (Wildman–Crippen LogP) is 3.22. The molecule has 0 bridgehead atoms. The third-order valence-corrected chi connectivity index (χ3v) is 5.09. The highest BCUT2D eigenvalue weighted by molar-refractivity contribution is 5.40. The van der Waals surface area contributed by atoms with E-state index in [2.05, 4.69) is 32.0 Å². The Morgan fingerprint density at radius 2 is 2.10 bits per heavy atom. The lowest BCUT2D eigenvalue weighted by Crippen LogP contribution is -2.45. The summed E-state index contributed by atoms with van der Waals surface area (Å²) in [5.74, 6) is 1.83. The van der Waals surface area contributed by atoms with Crippen LogP contribution in [0.5, 0.6) is 5.75 Å². The summed E-state index contributed by atoms with van der Waals surface area (Å²) >= 11 is 0. The van der Waals surface area contributed by atoms with E-state index in [1.165, 1.54) is 24.0 Å². The highest BCUT2D eigenvalue weighted by Crippen LogP contribution is 2.35. The number of hydrogen-bond acceptors (Lipinski definition) is 3. The van der Waals surface area contributed by atoms with Crippen LogP contribution in [-0.2, 0) is 11.2 Å². The van der Waals surface area contributed by atoms with E-state index < -0.39 is 0 Å². The van der Waals surface area contributed by atoms with Gasteiger partial charge < -0.3 is 15.2 Å². The highest BCUT2D eigenvalue weighted by Gasteiger charge is 2.35. The molecule has 0 aromatic heterocycles. The van der Waals surface area contributed by atoms with E-state index in [1.54, 1.807) is 0 Å². The molecule has 116 valence electrons. The molecule has 3 heteroatoms. The molecule has 0 amide bonds. The Morgan fingerprint density at radius 3 is 2.81 bits per heavy atom. The quantitative estimate of drug-likeness (QED) is 0.925.